The number of nitriles is 1. The van der Waals surface area contributed by atoms with Crippen LogP contribution in [0.3, 0.4) is 0 Å². The molecule has 0 bridgehead atoms. The van der Waals surface area contributed by atoms with Crippen LogP contribution < -0.4 is 4.74 Å². The fraction of sp³-hybridized carbons (Fsp3) is 0.118. The van der Waals surface area contributed by atoms with E-state index in [9.17, 15) is 0 Å². The Balaban J connectivity index is 2.05. The first-order valence-electron chi connectivity index (χ1n) is 6.81. The summed E-state index contributed by atoms with van der Waals surface area (Å²) in [6, 6.07) is 17.4. The van der Waals surface area contributed by atoms with E-state index in [1.54, 1.807) is 25.6 Å². The van der Waals surface area contributed by atoms with E-state index in [0.29, 0.717) is 11.4 Å². The van der Waals surface area contributed by atoms with Crippen molar-refractivity contribution < 1.29 is 4.74 Å². The van der Waals surface area contributed by atoms with Crippen molar-refractivity contribution in [3.63, 3.8) is 0 Å². The predicted molar refractivity (Wildman–Crippen MR) is 81.5 cm³/mol. The summed E-state index contributed by atoms with van der Waals surface area (Å²) >= 11 is 0. The number of methoxy groups -OCH3 is 1. The summed E-state index contributed by atoms with van der Waals surface area (Å²) in [6.45, 7) is 0. The van der Waals surface area contributed by atoms with Gasteiger partial charge < -0.3 is 4.74 Å². The van der Waals surface area contributed by atoms with Crippen molar-refractivity contribution in [2.75, 3.05) is 7.11 Å². The van der Waals surface area contributed by atoms with Gasteiger partial charge in [-0.25, -0.2) is 4.98 Å². The summed E-state index contributed by atoms with van der Waals surface area (Å²) in [5, 5.41) is 15.9. The maximum Gasteiger partial charge on any atom is 0.162 e. The minimum Gasteiger partial charge on any atom is -0.497 e. The topological polar surface area (TPSA) is 74.6 Å². The molecule has 1 unspecified atom stereocenters. The number of ether oxygens (including phenoxy) is 1. The average Bonchev–Trinajstić information content (AvgIpc) is 3.10. The van der Waals surface area contributed by atoms with E-state index in [0.717, 1.165) is 16.9 Å². The van der Waals surface area contributed by atoms with Crippen LogP contribution in [0, 0.1) is 11.3 Å². The molecule has 22 heavy (non-hydrogen) atoms. The summed E-state index contributed by atoms with van der Waals surface area (Å²) in [5.74, 6) is 1.40. The molecule has 0 amide bonds. The SMILES string of the molecule is COc1ccc(C(c2ccc(C#N)cc2)c2nc[nH]n2)cc1. The van der Waals surface area contributed by atoms with Crippen LogP contribution in [0.25, 0.3) is 0 Å². The Morgan fingerprint density at radius 1 is 1.05 bits per heavy atom. The highest BCUT2D eigenvalue weighted by Crippen LogP contribution is 2.30. The minimum atomic E-state index is -0.0927. The van der Waals surface area contributed by atoms with Crippen molar-refractivity contribution >= 4 is 0 Å². The highest BCUT2D eigenvalue weighted by Gasteiger charge is 2.20. The van der Waals surface area contributed by atoms with Crippen molar-refractivity contribution in [2.24, 2.45) is 0 Å². The summed E-state index contributed by atoms with van der Waals surface area (Å²) in [5.41, 5.74) is 2.72. The number of rotatable bonds is 4. The molecule has 5 nitrogen and oxygen atoms in total. The van der Waals surface area contributed by atoms with E-state index < -0.39 is 0 Å². The van der Waals surface area contributed by atoms with E-state index in [1.807, 2.05) is 36.4 Å². The lowest BCUT2D eigenvalue weighted by Crippen LogP contribution is -2.05. The third kappa shape index (κ3) is 2.67. The fourth-order valence-corrected chi connectivity index (χ4v) is 2.40. The Morgan fingerprint density at radius 2 is 1.68 bits per heavy atom. The summed E-state index contributed by atoms with van der Waals surface area (Å²) in [7, 11) is 1.64. The Kier molecular flexibility index (Phi) is 3.84. The molecule has 0 radical (unpaired) electrons. The third-order valence-corrected chi connectivity index (χ3v) is 3.51. The molecule has 0 aliphatic rings. The van der Waals surface area contributed by atoms with Crippen molar-refractivity contribution in [2.45, 2.75) is 5.92 Å². The summed E-state index contributed by atoms with van der Waals surface area (Å²) < 4.78 is 5.20. The molecule has 0 aliphatic carbocycles. The first kappa shape index (κ1) is 13.8. The van der Waals surface area contributed by atoms with E-state index in [-0.39, 0.29) is 5.92 Å². The van der Waals surface area contributed by atoms with Gasteiger partial charge in [-0.15, -0.1) is 0 Å². The van der Waals surface area contributed by atoms with Crippen molar-refractivity contribution in [1.29, 1.82) is 5.26 Å². The van der Waals surface area contributed by atoms with Gasteiger partial charge >= 0.3 is 0 Å². The molecule has 3 aromatic rings. The lowest BCUT2D eigenvalue weighted by molar-refractivity contribution is 0.414. The molecule has 0 fully saturated rings. The van der Waals surface area contributed by atoms with E-state index in [4.69, 9.17) is 10.00 Å². The maximum absolute atomic E-state index is 8.93. The molecule has 1 heterocycles. The number of hydrogen-bond acceptors (Lipinski definition) is 4. The van der Waals surface area contributed by atoms with Crippen molar-refractivity contribution in [1.82, 2.24) is 15.2 Å². The molecule has 2 aromatic carbocycles. The van der Waals surface area contributed by atoms with Crippen LogP contribution >= 0.6 is 0 Å². The van der Waals surface area contributed by atoms with E-state index in [2.05, 4.69) is 21.3 Å². The van der Waals surface area contributed by atoms with Crippen molar-refractivity contribution in [3.8, 4) is 11.8 Å². The number of aromatic nitrogens is 3. The van der Waals surface area contributed by atoms with Gasteiger partial charge in [-0.05, 0) is 35.4 Å². The number of hydrogen-bond donors (Lipinski definition) is 1. The highest BCUT2D eigenvalue weighted by molar-refractivity contribution is 5.42. The standard InChI is InChI=1S/C17H14N4O/c1-22-15-8-6-14(7-9-15)16(17-19-11-20-21-17)13-4-2-12(10-18)3-5-13/h2-9,11,16H,1H3,(H,19,20,21). The largest absolute Gasteiger partial charge is 0.497 e. The zero-order chi connectivity index (χ0) is 15.4. The van der Waals surface area contributed by atoms with Crippen LogP contribution in [0.5, 0.6) is 5.75 Å². The lowest BCUT2D eigenvalue weighted by Gasteiger charge is -2.15. The second-order valence-corrected chi connectivity index (χ2v) is 4.80. The molecule has 0 aliphatic heterocycles. The van der Waals surface area contributed by atoms with Crippen LogP contribution in [0.1, 0.15) is 28.4 Å². The number of benzene rings is 2. The molecular weight excluding hydrogens is 276 g/mol. The quantitative estimate of drug-likeness (QED) is 0.801. The molecule has 1 N–H and O–H groups in total. The van der Waals surface area contributed by atoms with Gasteiger partial charge in [0.05, 0.1) is 24.7 Å². The van der Waals surface area contributed by atoms with Gasteiger partial charge in [0.15, 0.2) is 5.82 Å². The van der Waals surface area contributed by atoms with E-state index >= 15 is 0 Å². The molecule has 1 atom stereocenters. The van der Waals surface area contributed by atoms with Crippen molar-refractivity contribution in [3.05, 3.63) is 77.4 Å². The number of nitrogens with zero attached hydrogens (tertiary/aromatic N) is 3. The van der Waals surface area contributed by atoms with Gasteiger partial charge in [-0.3, -0.25) is 5.10 Å². The Hall–Kier alpha value is -3.13. The first-order valence-corrected chi connectivity index (χ1v) is 6.81. The first-order chi connectivity index (χ1) is 10.8. The number of aromatic amines is 1. The normalized spacial score (nSPS) is 11.6. The van der Waals surface area contributed by atoms with Crippen LogP contribution in [-0.4, -0.2) is 22.3 Å². The molecule has 3 rings (SSSR count). The maximum atomic E-state index is 8.93. The monoisotopic (exact) mass is 290 g/mol. The lowest BCUT2D eigenvalue weighted by atomic mass is 9.90. The molecular formula is C17H14N4O. The van der Waals surface area contributed by atoms with Gasteiger partial charge in [0.2, 0.25) is 0 Å². The zero-order valence-corrected chi connectivity index (χ0v) is 12.0. The van der Waals surface area contributed by atoms with Crippen LogP contribution in [-0.2, 0) is 0 Å². The van der Waals surface area contributed by atoms with Crippen LogP contribution in [0.4, 0.5) is 0 Å². The Bertz CT molecular complexity index is 771. The van der Waals surface area contributed by atoms with Crippen LogP contribution in [0.2, 0.25) is 0 Å². The van der Waals surface area contributed by atoms with Gasteiger partial charge in [0, 0.05) is 0 Å². The van der Waals surface area contributed by atoms with Crippen LogP contribution in [0.15, 0.2) is 54.9 Å². The van der Waals surface area contributed by atoms with Gasteiger partial charge in [-0.1, -0.05) is 24.3 Å². The highest BCUT2D eigenvalue weighted by atomic mass is 16.5. The average molecular weight is 290 g/mol. The summed E-state index contributed by atoms with van der Waals surface area (Å²) in [4.78, 5) is 4.29. The van der Waals surface area contributed by atoms with E-state index in [1.165, 1.54) is 0 Å². The molecule has 0 spiro atoms. The number of H-pyrrole nitrogens is 1. The molecule has 5 heteroatoms. The Labute approximate surface area is 128 Å². The number of nitrogens with one attached hydrogen (secondary N) is 1. The molecule has 0 saturated heterocycles. The smallest absolute Gasteiger partial charge is 0.162 e. The molecule has 0 saturated carbocycles. The second kappa shape index (κ2) is 6.10. The fourth-order valence-electron chi connectivity index (χ4n) is 2.40. The Morgan fingerprint density at radius 3 is 2.18 bits per heavy atom. The van der Waals surface area contributed by atoms with Gasteiger partial charge in [-0.2, -0.15) is 10.4 Å². The second-order valence-electron chi connectivity index (χ2n) is 4.80. The predicted octanol–water partition coefficient (Wildman–Crippen LogP) is 2.87. The van der Waals surface area contributed by atoms with Gasteiger partial charge in [0.1, 0.15) is 12.1 Å². The zero-order valence-electron chi connectivity index (χ0n) is 12.0. The molecule has 108 valence electrons. The molecule has 1 aromatic heterocycles. The summed E-state index contributed by atoms with van der Waals surface area (Å²) in [6.07, 6.45) is 1.56. The minimum absolute atomic E-state index is 0.0927. The van der Waals surface area contributed by atoms with Gasteiger partial charge in [0.25, 0.3) is 0 Å². The third-order valence-electron chi connectivity index (χ3n) is 3.51.